The maximum atomic E-state index is 12.4. The van der Waals surface area contributed by atoms with Crippen molar-refractivity contribution in [3.63, 3.8) is 0 Å². The standard InChI is InChI=1S/C19H24N4O3/c1-13-17(11-22(2)21-13)20-18(24)12-23-8-4-7-16(10-23)14-5-3-6-15(9-14)19(25)26/h3,5-6,9,11,16H,4,7-8,10,12H2,1-2H3,(H,20,24)(H,25,26)/t16-/m0/s1. The van der Waals surface area contributed by atoms with Crippen molar-refractivity contribution in [2.45, 2.75) is 25.7 Å². The van der Waals surface area contributed by atoms with Crippen molar-refractivity contribution in [3.8, 4) is 0 Å². The number of nitrogens with one attached hydrogen (secondary N) is 1. The van der Waals surface area contributed by atoms with E-state index in [4.69, 9.17) is 0 Å². The van der Waals surface area contributed by atoms with Gasteiger partial charge in [0, 0.05) is 19.8 Å². The number of nitrogens with zero attached hydrogens (tertiary/aromatic N) is 3. The van der Waals surface area contributed by atoms with E-state index in [-0.39, 0.29) is 11.8 Å². The molecule has 2 aromatic rings. The Morgan fingerprint density at radius 1 is 1.38 bits per heavy atom. The number of hydrogen-bond donors (Lipinski definition) is 2. The number of hydrogen-bond acceptors (Lipinski definition) is 4. The zero-order valence-electron chi connectivity index (χ0n) is 15.1. The zero-order chi connectivity index (χ0) is 18.7. The summed E-state index contributed by atoms with van der Waals surface area (Å²) in [4.78, 5) is 25.7. The fraction of sp³-hybridized carbons (Fsp3) is 0.421. The first-order chi connectivity index (χ1) is 12.4. The van der Waals surface area contributed by atoms with E-state index in [1.54, 1.807) is 29.1 Å². The number of amides is 1. The molecule has 0 unspecified atom stereocenters. The number of rotatable bonds is 5. The van der Waals surface area contributed by atoms with Crippen LogP contribution in [-0.4, -0.2) is 51.3 Å². The van der Waals surface area contributed by atoms with Gasteiger partial charge < -0.3 is 10.4 Å². The summed E-state index contributed by atoms with van der Waals surface area (Å²) in [5.74, 6) is -0.720. The van der Waals surface area contributed by atoms with Crippen LogP contribution in [0.4, 0.5) is 5.69 Å². The molecule has 0 spiro atoms. The average Bonchev–Trinajstić information content (AvgIpc) is 2.92. The second-order valence-corrected chi connectivity index (χ2v) is 6.85. The van der Waals surface area contributed by atoms with Crippen LogP contribution in [0.3, 0.4) is 0 Å². The van der Waals surface area contributed by atoms with Crippen LogP contribution in [0.25, 0.3) is 0 Å². The summed E-state index contributed by atoms with van der Waals surface area (Å²) in [5, 5.41) is 16.3. The lowest BCUT2D eigenvalue weighted by atomic mass is 9.89. The predicted octanol–water partition coefficient (Wildman–Crippen LogP) is 2.24. The van der Waals surface area contributed by atoms with Crippen LogP contribution in [0.2, 0.25) is 0 Å². The summed E-state index contributed by atoms with van der Waals surface area (Å²) < 4.78 is 1.68. The third-order valence-corrected chi connectivity index (χ3v) is 4.77. The van der Waals surface area contributed by atoms with E-state index in [0.29, 0.717) is 12.1 Å². The van der Waals surface area contributed by atoms with Crippen LogP contribution in [-0.2, 0) is 11.8 Å². The van der Waals surface area contributed by atoms with Crippen LogP contribution in [0.1, 0.15) is 40.4 Å². The third kappa shape index (κ3) is 4.29. The molecule has 7 heteroatoms. The highest BCUT2D eigenvalue weighted by atomic mass is 16.4. The molecular formula is C19H24N4O3. The van der Waals surface area contributed by atoms with E-state index in [9.17, 15) is 14.7 Å². The van der Waals surface area contributed by atoms with Gasteiger partial charge in [0.1, 0.15) is 0 Å². The Balaban J connectivity index is 1.61. The van der Waals surface area contributed by atoms with Gasteiger partial charge in [0.25, 0.3) is 0 Å². The van der Waals surface area contributed by atoms with Gasteiger partial charge in [-0.1, -0.05) is 12.1 Å². The molecule has 0 bridgehead atoms. The number of piperidine rings is 1. The number of benzene rings is 1. The van der Waals surface area contributed by atoms with Crippen molar-refractivity contribution in [2.24, 2.45) is 7.05 Å². The molecule has 7 nitrogen and oxygen atoms in total. The minimum absolute atomic E-state index is 0.0546. The Hall–Kier alpha value is -2.67. The smallest absolute Gasteiger partial charge is 0.335 e. The van der Waals surface area contributed by atoms with E-state index >= 15 is 0 Å². The molecule has 138 valence electrons. The van der Waals surface area contributed by atoms with Gasteiger partial charge in [-0.25, -0.2) is 4.79 Å². The predicted molar refractivity (Wildman–Crippen MR) is 98.4 cm³/mol. The van der Waals surface area contributed by atoms with Crippen molar-refractivity contribution in [3.05, 3.63) is 47.3 Å². The number of anilines is 1. The molecule has 0 radical (unpaired) electrons. The van der Waals surface area contributed by atoms with Crippen LogP contribution in [0.15, 0.2) is 30.5 Å². The van der Waals surface area contributed by atoms with E-state index < -0.39 is 5.97 Å². The van der Waals surface area contributed by atoms with Gasteiger partial charge >= 0.3 is 5.97 Å². The minimum atomic E-state index is -0.911. The van der Waals surface area contributed by atoms with Crippen LogP contribution < -0.4 is 5.32 Å². The van der Waals surface area contributed by atoms with Crippen LogP contribution >= 0.6 is 0 Å². The molecule has 2 N–H and O–H groups in total. The van der Waals surface area contributed by atoms with E-state index in [1.807, 2.05) is 20.0 Å². The molecule has 2 heterocycles. The Labute approximate surface area is 152 Å². The van der Waals surface area contributed by atoms with Gasteiger partial charge in [0.05, 0.1) is 23.5 Å². The second kappa shape index (κ2) is 7.70. The molecule has 1 amide bonds. The Kier molecular flexibility index (Phi) is 5.37. The third-order valence-electron chi connectivity index (χ3n) is 4.77. The normalized spacial score (nSPS) is 17.8. The minimum Gasteiger partial charge on any atom is -0.478 e. The van der Waals surface area contributed by atoms with E-state index in [0.717, 1.165) is 42.9 Å². The Bertz CT molecular complexity index is 815. The highest BCUT2D eigenvalue weighted by molar-refractivity contribution is 5.92. The SMILES string of the molecule is Cc1nn(C)cc1NC(=O)CN1CCC[C@H](c2cccc(C(=O)O)c2)C1. The van der Waals surface area contributed by atoms with Gasteiger partial charge in [0.15, 0.2) is 0 Å². The lowest BCUT2D eigenvalue weighted by Crippen LogP contribution is -2.39. The number of aryl methyl sites for hydroxylation is 2. The number of carbonyl (C=O) groups excluding carboxylic acids is 1. The van der Waals surface area contributed by atoms with Crippen LogP contribution in [0.5, 0.6) is 0 Å². The number of aromatic carboxylic acids is 1. The topological polar surface area (TPSA) is 87.5 Å². The number of carboxylic acids is 1. The largest absolute Gasteiger partial charge is 0.478 e. The first-order valence-corrected chi connectivity index (χ1v) is 8.78. The van der Waals surface area contributed by atoms with Gasteiger partial charge in [-0.05, 0) is 49.9 Å². The monoisotopic (exact) mass is 356 g/mol. The van der Waals surface area contributed by atoms with Crippen molar-refractivity contribution < 1.29 is 14.7 Å². The lowest BCUT2D eigenvalue weighted by Gasteiger charge is -2.32. The molecule has 1 aliphatic heterocycles. The first-order valence-electron chi connectivity index (χ1n) is 8.78. The summed E-state index contributed by atoms with van der Waals surface area (Å²) in [6, 6.07) is 7.11. The average molecular weight is 356 g/mol. The Morgan fingerprint density at radius 3 is 2.88 bits per heavy atom. The zero-order valence-corrected chi connectivity index (χ0v) is 15.1. The summed E-state index contributed by atoms with van der Waals surface area (Å²) >= 11 is 0. The van der Waals surface area contributed by atoms with Gasteiger partial charge in [-0.15, -0.1) is 0 Å². The molecule has 0 aliphatic carbocycles. The fourth-order valence-electron chi connectivity index (χ4n) is 3.51. The summed E-state index contributed by atoms with van der Waals surface area (Å²) in [5.41, 5.74) is 2.87. The van der Waals surface area contributed by atoms with Crippen molar-refractivity contribution in [1.29, 1.82) is 0 Å². The maximum absolute atomic E-state index is 12.4. The molecule has 0 saturated carbocycles. The Morgan fingerprint density at radius 2 is 2.19 bits per heavy atom. The van der Waals surface area contributed by atoms with Crippen LogP contribution in [0, 0.1) is 6.92 Å². The number of carboxylic acid groups (broad SMARTS) is 1. The van der Waals surface area contributed by atoms with Crippen molar-refractivity contribution in [1.82, 2.24) is 14.7 Å². The number of carbonyl (C=O) groups is 2. The fourth-order valence-corrected chi connectivity index (χ4v) is 3.51. The lowest BCUT2D eigenvalue weighted by molar-refractivity contribution is -0.117. The molecule has 1 atom stereocenters. The van der Waals surface area contributed by atoms with Crippen molar-refractivity contribution >= 4 is 17.6 Å². The maximum Gasteiger partial charge on any atom is 0.335 e. The van der Waals surface area contributed by atoms with E-state index in [1.165, 1.54) is 0 Å². The van der Waals surface area contributed by atoms with Gasteiger partial charge in [0.2, 0.25) is 5.91 Å². The summed E-state index contributed by atoms with van der Waals surface area (Å²) in [6.07, 6.45) is 3.79. The molecular weight excluding hydrogens is 332 g/mol. The quantitative estimate of drug-likeness (QED) is 0.858. The summed E-state index contributed by atoms with van der Waals surface area (Å²) in [6.45, 7) is 3.81. The molecule has 1 aliphatic rings. The first kappa shape index (κ1) is 18.1. The van der Waals surface area contributed by atoms with E-state index in [2.05, 4.69) is 15.3 Å². The van der Waals surface area contributed by atoms with Crippen molar-refractivity contribution in [2.75, 3.05) is 25.0 Å². The van der Waals surface area contributed by atoms with Gasteiger partial charge in [-0.3, -0.25) is 14.4 Å². The number of aromatic nitrogens is 2. The highest BCUT2D eigenvalue weighted by Crippen LogP contribution is 2.27. The second-order valence-electron chi connectivity index (χ2n) is 6.85. The summed E-state index contributed by atoms with van der Waals surface area (Å²) in [7, 11) is 1.82. The molecule has 3 rings (SSSR count). The van der Waals surface area contributed by atoms with Gasteiger partial charge in [-0.2, -0.15) is 5.10 Å². The molecule has 1 aromatic heterocycles. The molecule has 26 heavy (non-hydrogen) atoms. The molecule has 1 fully saturated rings. The molecule has 1 aromatic carbocycles. The highest BCUT2D eigenvalue weighted by Gasteiger charge is 2.23. The molecule has 1 saturated heterocycles. The number of likely N-dealkylation sites (tertiary alicyclic amines) is 1.